The van der Waals surface area contributed by atoms with Crippen LogP contribution in [0, 0.1) is 28.6 Å². The summed E-state index contributed by atoms with van der Waals surface area (Å²) in [5.41, 5.74) is 3.53. The monoisotopic (exact) mass is 458 g/mol. The fourth-order valence-electron chi connectivity index (χ4n) is 9.08. The molecule has 0 aromatic rings. The highest BCUT2D eigenvalue weighted by molar-refractivity contribution is 5.49. The quantitative estimate of drug-likeness (QED) is 0.489. The van der Waals surface area contributed by atoms with E-state index in [1.54, 1.807) is 30.6 Å². The number of aliphatic hydroxyl groups excluding tert-OH is 2. The molecule has 5 aliphatic rings. The molecule has 0 radical (unpaired) electrons. The molecule has 1 saturated carbocycles. The van der Waals surface area contributed by atoms with Crippen LogP contribution in [0.15, 0.2) is 22.8 Å². The Labute approximate surface area is 200 Å². The lowest BCUT2D eigenvalue weighted by Crippen LogP contribution is -2.51. The van der Waals surface area contributed by atoms with Crippen molar-refractivity contribution in [3.8, 4) is 0 Å². The smallest absolute Gasteiger partial charge is 0.148 e. The van der Waals surface area contributed by atoms with Crippen molar-refractivity contribution in [2.24, 2.45) is 28.6 Å². The summed E-state index contributed by atoms with van der Waals surface area (Å²) in [6, 6.07) is 0. The zero-order chi connectivity index (χ0) is 24.0. The molecule has 1 heterocycles. The first-order chi connectivity index (χ1) is 15.3. The molecular formula is C29H46O4. The number of allylic oxidation sites excluding steroid dienone is 4. The van der Waals surface area contributed by atoms with E-state index in [9.17, 15) is 15.3 Å². The van der Waals surface area contributed by atoms with Crippen molar-refractivity contribution in [3.63, 3.8) is 0 Å². The van der Waals surface area contributed by atoms with Crippen molar-refractivity contribution < 1.29 is 20.1 Å². The molecule has 0 spiro atoms. The molecule has 0 aromatic heterocycles. The van der Waals surface area contributed by atoms with Crippen LogP contribution >= 0.6 is 0 Å². The second-order valence-electron chi connectivity index (χ2n) is 13.3. The minimum absolute atomic E-state index is 0.105. The minimum atomic E-state index is -1.05. The van der Waals surface area contributed by atoms with E-state index in [0.29, 0.717) is 24.2 Å². The minimum Gasteiger partial charge on any atom is -0.393 e. The third kappa shape index (κ3) is 3.37. The summed E-state index contributed by atoms with van der Waals surface area (Å²) in [6.07, 6.45) is 11.2. The Bertz CT molecular complexity index is 867. The van der Waals surface area contributed by atoms with Gasteiger partial charge in [-0.05, 0) is 118 Å². The van der Waals surface area contributed by atoms with Crippen LogP contribution in [-0.2, 0) is 4.74 Å². The van der Waals surface area contributed by atoms with Crippen molar-refractivity contribution in [3.05, 3.63) is 22.8 Å². The number of aliphatic hydroxyl groups is 3. The van der Waals surface area contributed by atoms with Gasteiger partial charge in [-0.2, -0.15) is 0 Å². The Morgan fingerprint density at radius 1 is 1.15 bits per heavy atom. The Morgan fingerprint density at radius 3 is 2.48 bits per heavy atom. The average molecular weight is 459 g/mol. The SMILES string of the molecule is C[C@H](C[C@H](O)[C@@]1(C(C)(C)O)O[C@@H]1C)[C@H]1CC=C2C3=C(CC[C@@]21C)[C@@]1(C)CC[C@H](O)C[C@@H]1CC3. The molecule has 0 unspecified atom stereocenters. The fraction of sp³-hybridized carbons (Fsp3) is 0.862. The van der Waals surface area contributed by atoms with Crippen LogP contribution in [0.5, 0.6) is 0 Å². The number of ether oxygens (including phenoxy) is 1. The molecule has 4 aliphatic carbocycles. The molecule has 3 N–H and O–H groups in total. The van der Waals surface area contributed by atoms with Crippen LogP contribution in [-0.4, -0.2) is 44.8 Å². The maximum atomic E-state index is 11.2. The van der Waals surface area contributed by atoms with E-state index in [-0.39, 0.29) is 23.0 Å². The zero-order valence-corrected chi connectivity index (χ0v) is 21.7. The molecular weight excluding hydrogens is 412 g/mol. The van der Waals surface area contributed by atoms with Gasteiger partial charge in [-0.25, -0.2) is 0 Å². The first-order valence-electron chi connectivity index (χ1n) is 13.5. The van der Waals surface area contributed by atoms with Crippen LogP contribution in [0.2, 0.25) is 0 Å². The lowest BCUT2D eigenvalue weighted by Gasteiger charge is -2.54. The van der Waals surface area contributed by atoms with Gasteiger partial charge in [0.1, 0.15) is 5.60 Å². The largest absolute Gasteiger partial charge is 0.393 e. The number of fused-ring (bicyclic) bond motifs is 4. The van der Waals surface area contributed by atoms with E-state index in [4.69, 9.17) is 4.74 Å². The van der Waals surface area contributed by atoms with Gasteiger partial charge in [0.05, 0.1) is 23.9 Å². The van der Waals surface area contributed by atoms with Gasteiger partial charge in [0, 0.05) is 0 Å². The van der Waals surface area contributed by atoms with Crippen molar-refractivity contribution >= 4 is 0 Å². The van der Waals surface area contributed by atoms with Gasteiger partial charge >= 0.3 is 0 Å². The van der Waals surface area contributed by atoms with Crippen molar-refractivity contribution in [2.45, 2.75) is 129 Å². The highest BCUT2D eigenvalue weighted by atomic mass is 16.6. The molecule has 33 heavy (non-hydrogen) atoms. The lowest BCUT2D eigenvalue weighted by atomic mass is 9.51. The van der Waals surface area contributed by atoms with E-state index in [0.717, 1.165) is 25.7 Å². The van der Waals surface area contributed by atoms with Crippen LogP contribution in [0.4, 0.5) is 0 Å². The summed E-state index contributed by atoms with van der Waals surface area (Å²) in [5, 5.41) is 32.2. The molecule has 9 atom stereocenters. The number of epoxide rings is 1. The summed E-state index contributed by atoms with van der Waals surface area (Å²) < 4.78 is 5.83. The molecule has 1 aliphatic heterocycles. The van der Waals surface area contributed by atoms with E-state index in [1.807, 2.05) is 6.92 Å². The molecule has 5 rings (SSSR count). The standard InChI is InChI=1S/C29H46O4/c1-17(15-25(31)29(18(2)33-29)26(3,4)32)22-9-10-23-21-8-7-19-16-20(30)11-13-27(19,5)24(21)12-14-28(22,23)6/h10,17-20,22,25,30-32H,7-9,11-16H2,1-6H3/t17-,18-,19+,20+,22-,25+,27+,28-,29+/m1/s1. The Kier molecular flexibility index (Phi) is 5.58. The molecule has 0 amide bonds. The first kappa shape index (κ1) is 24.0. The van der Waals surface area contributed by atoms with E-state index >= 15 is 0 Å². The van der Waals surface area contributed by atoms with Gasteiger partial charge in [0.15, 0.2) is 0 Å². The second kappa shape index (κ2) is 7.66. The topological polar surface area (TPSA) is 73.2 Å². The number of hydrogen-bond donors (Lipinski definition) is 3. The molecule has 0 bridgehead atoms. The Hall–Kier alpha value is -0.680. The average Bonchev–Trinajstić information content (AvgIpc) is 3.30. The van der Waals surface area contributed by atoms with E-state index < -0.39 is 17.3 Å². The van der Waals surface area contributed by atoms with Crippen LogP contribution < -0.4 is 0 Å². The summed E-state index contributed by atoms with van der Waals surface area (Å²) in [5.74, 6) is 1.51. The maximum absolute atomic E-state index is 11.2. The van der Waals surface area contributed by atoms with Crippen LogP contribution in [0.1, 0.15) is 99.3 Å². The van der Waals surface area contributed by atoms with Crippen LogP contribution in [0.25, 0.3) is 0 Å². The first-order valence-corrected chi connectivity index (χ1v) is 13.5. The van der Waals surface area contributed by atoms with Crippen molar-refractivity contribution in [1.82, 2.24) is 0 Å². The Morgan fingerprint density at radius 2 is 1.85 bits per heavy atom. The van der Waals surface area contributed by atoms with E-state index in [1.165, 1.54) is 25.7 Å². The summed E-state index contributed by atoms with van der Waals surface area (Å²) >= 11 is 0. The normalized spacial score (nSPS) is 46.8. The van der Waals surface area contributed by atoms with Crippen LogP contribution in [0.3, 0.4) is 0 Å². The maximum Gasteiger partial charge on any atom is 0.148 e. The molecule has 0 aromatic carbocycles. The third-order valence-electron chi connectivity index (χ3n) is 11.1. The fourth-order valence-corrected chi connectivity index (χ4v) is 9.08. The molecule has 4 heteroatoms. The highest BCUT2D eigenvalue weighted by Gasteiger charge is 2.67. The van der Waals surface area contributed by atoms with Crippen molar-refractivity contribution in [1.29, 1.82) is 0 Å². The number of hydrogen-bond acceptors (Lipinski definition) is 4. The van der Waals surface area contributed by atoms with Gasteiger partial charge < -0.3 is 20.1 Å². The van der Waals surface area contributed by atoms with Gasteiger partial charge in [-0.1, -0.05) is 32.4 Å². The molecule has 186 valence electrons. The molecule has 4 nitrogen and oxygen atoms in total. The van der Waals surface area contributed by atoms with Gasteiger partial charge in [-0.15, -0.1) is 0 Å². The summed E-state index contributed by atoms with van der Waals surface area (Å²) in [7, 11) is 0. The Balaban J connectivity index is 1.36. The van der Waals surface area contributed by atoms with E-state index in [2.05, 4.69) is 26.8 Å². The third-order valence-corrected chi connectivity index (χ3v) is 11.1. The second-order valence-corrected chi connectivity index (χ2v) is 13.3. The lowest BCUT2D eigenvalue weighted by molar-refractivity contribution is -0.0774. The zero-order valence-electron chi connectivity index (χ0n) is 21.7. The van der Waals surface area contributed by atoms with Gasteiger partial charge in [0.25, 0.3) is 0 Å². The van der Waals surface area contributed by atoms with Gasteiger partial charge in [0.2, 0.25) is 0 Å². The predicted octanol–water partition coefficient (Wildman–Crippen LogP) is 5.31. The molecule has 2 fully saturated rings. The summed E-state index contributed by atoms with van der Waals surface area (Å²) in [6.45, 7) is 12.7. The summed E-state index contributed by atoms with van der Waals surface area (Å²) in [4.78, 5) is 0. The predicted molar refractivity (Wildman–Crippen MR) is 131 cm³/mol. The molecule has 1 saturated heterocycles. The highest BCUT2D eigenvalue weighted by Crippen LogP contribution is 2.64. The number of rotatable bonds is 5. The van der Waals surface area contributed by atoms with Gasteiger partial charge in [-0.3, -0.25) is 0 Å². The van der Waals surface area contributed by atoms with Crippen molar-refractivity contribution in [2.75, 3.05) is 0 Å².